The summed E-state index contributed by atoms with van der Waals surface area (Å²) in [6.07, 6.45) is -1.99. The first-order valence-electron chi connectivity index (χ1n) is 2.48. The van der Waals surface area contributed by atoms with Gasteiger partial charge in [0, 0.05) is 7.05 Å². The van der Waals surface area contributed by atoms with Gasteiger partial charge in [-0.1, -0.05) is 0 Å². The largest absolute Gasteiger partial charge is 0.412 e. The zero-order valence-corrected chi connectivity index (χ0v) is 5.39. The molecule has 0 aromatic rings. The second-order valence-corrected chi connectivity index (χ2v) is 1.74. The fourth-order valence-electron chi connectivity index (χ4n) is 0.240. The average Bonchev–Trinajstić information content (AvgIpc) is 1.63. The molecule has 0 aromatic heterocycles. The molecule has 0 spiro atoms. The lowest BCUT2D eigenvalue weighted by Crippen LogP contribution is -2.47. The minimum absolute atomic E-state index is 0.385. The van der Waals surface area contributed by atoms with E-state index in [0.717, 1.165) is 0 Å². The van der Waals surface area contributed by atoms with Gasteiger partial charge in [-0.15, -0.1) is 4.39 Å². The maximum atomic E-state index is 11.5. The summed E-state index contributed by atoms with van der Waals surface area (Å²) >= 11 is 0. The predicted molar refractivity (Wildman–Crippen MR) is 31.1 cm³/mol. The standard InChI is InChI=1S/C4H10FN3O/c1-3(6)8(2)7-4(5)9/h3H,6H2,1-2H3,(H,7,9). The summed E-state index contributed by atoms with van der Waals surface area (Å²) in [6.45, 7) is 1.62. The van der Waals surface area contributed by atoms with Crippen molar-refractivity contribution in [3.8, 4) is 0 Å². The third-order valence-corrected chi connectivity index (χ3v) is 0.875. The smallest absolute Gasteiger partial charge is 0.315 e. The minimum atomic E-state index is -1.60. The van der Waals surface area contributed by atoms with Gasteiger partial charge >= 0.3 is 6.16 Å². The Labute approximate surface area is 52.8 Å². The summed E-state index contributed by atoms with van der Waals surface area (Å²) in [4.78, 5) is 9.68. The first kappa shape index (κ1) is 8.32. The molecule has 0 aliphatic rings. The molecule has 0 heterocycles. The number of carbonyl (C=O) groups is 1. The van der Waals surface area contributed by atoms with Crippen LogP contribution in [0.15, 0.2) is 0 Å². The third-order valence-electron chi connectivity index (χ3n) is 0.875. The third kappa shape index (κ3) is 3.87. The zero-order chi connectivity index (χ0) is 7.44. The Kier molecular flexibility index (Phi) is 3.11. The topological polar surface area (TPSA) is 58.4 Å². The van der Waals surface area contributed by atoms with Gasteiger partial charge in [-0.2, -0.15) is 0 Å². The molecule has 0 saturated carbocycles. The van der Waals surface area contributed by atoms with Gasteiger partial charge in [0.2, 0.25) is 0 Å². The molecule has 9 heavy (non-hydrogen) atoms. The van der Waals surface area contributed by atoms with Crippen LogP contribution in [0, 0.1) is 0 Å². The van der Waals surface area contributed by atoms with Crippen molar-refractivity contribution < 1.29 is 9.18 Å². The molecule has 0 bridgehead atoms. The van der Waals surface area contributed by atoms with Gasteiger partial charge in [0.15, 0.2) is 0 Å². The first-order valence-corrected chi connectivity index (χ1v) is 2.48. The second-order valence-electron chi connectivity index (χ2n) is 1.74. The van der Waals surface area contributed by atoms with Crippen LogP contribution in [0.3, 0.4) is 0 Å². The highest BCUT2D eigenvalue weighted by Crippen LogP contribution is 1.81. The van der Waals surface area contributed by atoms with E-state index in [9.17, 15) is 9.18 Å². The highest BCUT2D eigenvalue weighted by molar-refractivity contribution is 5.64. The molecule has 3 N–H and O–H groups in total. The molecule has 0 rings (SSSR count). The van der Waals surface area contributed by atoms with Crippen LogP contribution in [-0.2, 0) is 0 Å². The fourth-order valence-corrected chi connectivity index (χ4v) is 0.240. The monoisotopic (exact) mass is 135 g/mol. The van der Waals surface area contributed by atoms with Crippen LogP contribution in [0.4, 0.5) is 9.18 Å². The van der Waals surface area contributed by atoms with Crippen LogP contribution in [0.25, 0.3) is 0 Å². The molecule has 1 unspecified atom stereocenters. The molecule has 0 radical (unpaired) electrons. The van der Waals surface area contributed by atoms with Gasteiger partial charge in [0.05, 0.1) is 6.17 Å². The van der Waals surface area contributed by atoms with E-state index in [1.807, 2.05) is 5.43 Å². The number of carbonyl (C=O) groups excluding carboxylic acids is 1. The van der Waals surface area contributed by atoms with E-state index < -0.39 is 6.16 Å². The zero-order valence-electron chi connectivity index (χ0n) is 5.39. The Balaban J connectivity index is 3.50. The van der Waals surface area contributed by atoms with Gasteiger partial charge in [-0.05, 0) is 6.92 Å². The van der Waals surface area contributed by atoms with Crippen LogP contribution >= 0.6 is 0 Å². The first-order chi connectivity index (χ1) is 4.04. The number of halogens is 1. The fraction of sp³-hybridized carbons (Fsp3) is 0.750. The summed E-state index contributed by atoms with van der Waals surface area (Å²) in [5, 5.41) is 1.17. The summed E-state index contributed by atoms with van der Waals surface area (Å²) < 4.78 is 11.5. The molecule has 54 valence electrons. The Morgan fingerprint density at radius 1 is 1.89 bits per heavy atom. The van der Waals surface area contributed by atoms with E-state index in [1.54, 1.807) is 6.92 Å². The highest BCUT2D eigenvalue weighted by Gasteiger charge is 2.04. The Hall–Kier alpha value is -0.680. The van der Waals surface area contributed by atoms with E-state index >= 15 is 0 Å². The highest BCUT2D eigenvalue weighted by atomic mass is 19.1. The van der Waals surface area contributed by atoms with Crippen molar-refractivity contribution in [3.63, 3.8) is 0 Å². The van der Waals surface area contributed by atoms with Gasteiger partial charge in [-0.25, -0.2) is 9.80 Å². The maximum Gasteiger partial charge on any atom is 0.412 e. The maximum absolute atomic E-state index is 11.5. The number of hydrogen-bond acceptors (Lipinski definition) is 3. The Morgan fingerprint density at radius 3 is 2.44 bits per heavy atom. The van der Waals surface area contributed by atoms with Crippen LogP contribution in [0.5, 0.6) is 0 Å². The lowest BCUT2D eigenvalue weighted by atomic mass is 10.6. The van der Waals surface area contributed by atoms with Crippen molar-refractivity contribution in [2.24, 2.45) is 5.73 Å². The number of amides is 1. The van der Waals surface area contributed by atoms with E-state index in [1.165, 1.54) is 12.1 Å². The van der Waals surface area contributed by atoms with Crippen molar-refractivity contribution in [3.05, 3.63) is 0 Å². The molecule has 0 saturated heterocycles. The summed E-state index contributed by atoms with van der Waals surface area (Å²) in [5.41, 5.74) is 7.07. The van der Waals surface area contributed by atoms with Gasteiger partial charge < -0.3 is 5.73 Å². The molecule has 0 fully saturated rings. The quantitative estimate of drug-likeness (QED) is 0.239. The average molecular weight is 135 g/mol. The molecule has 0 aliphatic carbocycles. The van der Waals surface area contributed by atoms with Crippen molar-refractivity contribution in [1.29, 1.82) is 0 Å². The number of nitrogens with two attached hydrogens (primary N) is 1. The van der Waals surface area contributed by atoms with Crippen molar-refractivity contribution >= 4 is 6.16 Å². The summed E-state index contributed by atoms with van der Waals surface area (Å²) in [7, 11) is 1.47. The molecule has 5 heteroatoms. The van der Waals surface area contributed by atoms with E-state index in [-0.39, 0.29) is 6.17 Å². The van der Waals surface area contributed by atoms with E-state index in [2.05, 4.69) is 0 Å². The van der Waals surface area contributed by atoms with Crippen molar-refractivity contribution in [1.82, 2.24) is 10.4 Å². The van der Waals surface area contributed by atoms with Gasteiger partial charge in [-0.3, -0.25) is 5.43 Å². The molecule has 0 aliphatic heterocycles. The van der Waals surface area contributed by atoms with Crippen LogP contribution in [0.1, 0.15) is 6.92 Å². The molecule has 1 atom stereocenters. The molecule has 0 aromatic carbocycles. The number of hydrogen-bond donors (Lipinski definition) is 2. The summed E-state index contributed by atoms with van der Waals surface area (Å²) in [5.74, 6) is 0. The van der Waals surface area contributed by atoms with Crippen LogP contribution < -0.4 is 11.2 Å². The van der Waals surface area contributed by atoms with Crippen molar-refractivity contribution in [2.45, 2.75) is 13.1 Å². The summed E-state index contributed by atoms with van der Waals surface area (Å²) in [6, 6.07) is 0. The molecule has 1 amide bonds. The number of nitrogens with zero attached hydrogens (tertiary/aromatic N) is 1. The number of rotatable bonds is 2. The minimum Gasteiger partial charge on any atom is -0.315 e. The van der Waals surface area contributed by atoms with Crippen molar-refractivity contribution in [2.75, 3.05) is 7.05 Å². The predicted octanol–water partition coefficient (Wildman–Crippen LogP) is -0.183. The van der Waals surface area contributed by atoms with E-state index in [0.29, 0.717) is 0 Å². The lowest BCUT2D eigenvalue weighted by Gasteiger charge is -2.18. The number of nitrogens with one attached hydrogen (secondary N) is 1. The van der Waals surface area contributed by atoms with Crippen LogP contribution in [-0.4, -0.2) is 24.4 Å². The van der Waals surface area contributed by atoms with Gasteiger partial charge in [0.1, 0.15) is 0 Å². The molecular weight excluding hydrogens is 125 g/mol. The normalized spacial score (nSPS) is 13.4. The van der Waals surface area contributed by atoms with Gasteiger partial charge in [0.25, 0.3) is 0 Å². The second kappa shape index (κ2) is 3.37. The lowest BCUT2D eigenvalue weighted by molar-refractivity contribution is 0.155. The Morgan fingerprint density at radius 2 is 2.33 bits per heavy atom. The SMILES string of the molecule is CC(N)N(C)NC(=O)F. The number of hydrazine groups is 1. The Bertz CT molecular complexity index is 106. The van der Waals surface area contributed by atoms with Crippen LogP contribution in [0.2, 0.25) is 0 Å². The molecule has 4 nitrogen and oxygen atoms in total. The molecular formula is C4H10FN3O. The van der Waals surface area contributed by atoms with E-state index in [4.69, 9.17) is 5.73 Å².